The van der Waals surface area contributed by atoms with Gasteiger partial charge in [-0.1, -0.05) is 6.07 Å². The van der Waals surface area contributed by atoms with Crippen LogP contribution in [0.5, 0.6) is 0 Å². The number of nitrogens with zero attached hydrogens (tertiary/aromatic N) is 3. The van der Waals surface area contributed by atoms with Gasteiger partial charge in [0.25, 0.3) is 11.8 Å². The first-order valence-electron chi connectivity index (χ1n) is 8.00. The van der Waals surface area contributed by atoms with Crippen molar-refractivity contribution in [2.45, 2.75) is 0 Å². The summed E-state index contributed by atoms with van der Waals surface area (Å²) in [5.74, 6) is -0.0714. The van der Waals surface area contributed by atoms with Crippen molar-refractivity contribution in [2.24, 2.45) is 0 Å². The molecule has 2 aromatic rings. The van der Waals surface area contributed by atoms with Crippen LogP contribution >= 0.6 is 0 Å². The number of amides is 3. The molecule has 0 unspecified atom stereocenters. The average Bonchev–Trinajstić information content (AvgIpc) is 2.64. The lowest BCUT2D eigenvalue weighted by atomic mass is 10.1. The number of fused-ring (bicyclic) bond motifs is 1. The Hall–Kier alpha value is -3.42. The smallest absolute Gasteiger partial charge is 0.257 e. The van der Waals surface area contributed by atoms with Gasteiger partial charge in [-0.05, 0) is 24.3 Å². The minimum atomic E-state index is -0.374. The predicted molar refractivity (Wildman–Crippen MR) is 98.5 cm³/mol. The van der Waals surface area contributed by atoms with Gasteiger partial charge in [-0.3, -0.25) is 14.4 Å². The SMILES string of the molecule is CN(C)C(=O)c1cccc(NC(=O)c2cnc3c(c2)N(C)C(=O)CN3)c1. The predicted octanol–water partition coefficient (Wildman–Crippen LogP) is 1.42. The fourth-order valence-electron chi connectivity index (χ4n) is 2.57. The molecule has 1 aliphatic rings. The molecule has 8 nitrogen and oxygen atoms in total. The largest absolute Gasteiger partial charge is 0.359 e. The summed E-state index contributed by atoms with van der Waals surface area (Å²) in [5, 5.41) is 5.66. The molecule has 134 valence electrons. The van der Waals surface area contributed by atoms with Crippen LogP contribution < -0.4 is 15.5 Å². The Morgan fingerprint density at radius 1 is 1.23 bits per heavy atom. The zero-order chi connectivity index (χ0) is 18.8. The second-order valence-corrected chi connectivity index (χ2v) is 6.13. The molecule has 0 aliphatic carbocycles. The normalized spacial score (nSPS) is 12.9. The number of rotatable bonds is 3. The van der Waals surface area contributed by atoms with Crippen LogP contribution in [0.1, 0.15) is 20.7 Å². The minimum absolute atomic E-state index is 0.105. The quantitative estimate of drug-likeness (QED) is 0.870. The summed E-state index contributed by atoms with van der Waals surface area (Å²) in [4.78, 5) is 43.5. The van der Waals surface area contributed by atoms with E-state index in [1.807, 2.05) is 0 Å². The van der Waals surface area contributed by atoms with Crippen molar-refractivity contribution in [3.05, 3.63) is 47.7 Å². The molecule has 26 heavy (non-hydrogen) atoms. The van der Waals surface area contributed by atoms with Crippen molar-refractivity contribution in [1.29, 1.82) is 0 Å². The summed E-state index contributed by atoms with van der Waals surface area (Å²) in [5.41, 5.74) is 1.84. The maximum absolute atomic E-state index is 12.5. The topological polar surface area (TPSA) is 94.6 Å². The maximum atomic E-state index is 12.5. The zero-order valence-corrected chi connectivity index (χ0v) is 14.7. The van der Waals surface area contributed by atoms with Gasteiger partial charge < -0.3 is 20.4 Å². The van der Waals surface area contributed by atoms with Gasteiger partial charge in [0.15, 0.2) is 0 Å². The number of benzene rings is 1. The Morgan fingerprint density at radius 2 is 2.00 bits per heavy atom. The van der Waals surface area contributed by atoms with Gasteiger partial charge in [0.1, 0.15) is 5.82 Å². The summed E-state index contributed by atoms with van der Waals surface area (Å²) in [7, 11) is 4.97. The van der Waals surface area contributed by atoms with Crippen molar-refractivity contribution in [3.8, 4) is 0 Å². The third kappa shape index (κ3) is 3.34. The van der Waals surface area contributed by atoms with Crippen molar-refractivity contribution in [3.63, 3.8) is 0 Å². The lowest BCUT2D eigenvalue weighted by Crippen LogP contribution is -2.37. The van der Waals surface area contributed by atoms with E-state index in [1.165, 1.54) is 16.0 Å². The average molecular weight is 353 g/mol. The summed E-state index contributed by atoms with van der Waals surface area (Å²) in [6.07, 6.45) is 1.44. The first-order chi connectivity index (χ1) is 12.4. The molecule has 3 amide bonds. The summed E-state index contributed by atoms with van der Waals surface area (Å²) in [6, 6.07) is 8.31. The van der Waals surface area contributed by atoms with E-state index in [-0.39, 0.29) is 24.3 Å². The molecule has 1 aliphatic heterocycles. The first kappa shape index (κ1) is 17.4. The lowest BCUT2D eigenvalue weighted by molar-refractivity contribution is -0.116. The minimum Gasteiger partial charge on any atom is -0.359 e. The van der Waals surface area contributed by atoms with Crippen molar-refractivity contribution >= 4 is 34.9 Å². The van der Waals surface area contributed by atoms with Crippen LogP contribution in [0, 0.1) is 0 Å². The highest BCUT2D eigenvalue weighted by Crippen LogP contribution is 2.27. The molecule has 0 bridgehead atoms. The van der Waals surface area contributed by atoms with Crippen molar-refractivity contribution < 1.29 is 14.4 Å². The van der Waals surface area contributed by atoms with Crippen LogP contribution in [-0.4, -0.2) is 55.3 Å². The molecule has 3 rings (SSSR count). The molecule has 1 aromatic heterocycles. The van der Waals surface area contributed by atoms with E-state index in [0.29, 0.717) is 28.3 Å². The van der Waals surface area contributed by atoms with E-state index in [2.05, 4.69) is 15.6 Å². The van der Waals surface area contributed by atoms with E-state index in [1.54, 1.807) is 51.5 Å². The molecule has 2 N–H and O–H groups in total. The number of hydrogen-bond acceptors (Lipinski definition) is 5. The number of carbonyl (C=O) groups is 3. The number of carbonyl (C=O) groups excluding carboxylic acids is 3. The second-order valence-electron chi connectivity index (χ2n) is 6.13. The molecule has 0 saturated heterocycles. The number of hydrogen-bond donors (Lipinski definition) is 2. The zero-order valence-electron chi connectivity index (χ0n) is 14.7. The summed E-state index contributed by atoms with van der Waals surface area (Å²) >= 11 is 0. The van der Waals surface area contributed by atoms with Gasteiger partial charge in [-0.25, -0.2) is 4.98 Å². The van der Waals surface area contributed by atoms with Gasteiger partial charge in [-0.15, -0.1) is 0 Å². The van der Waals surface area contributed by atoms with Gasteiger partial charge in [0, 0.05) is 38.6 Å². The molecule has 0 radical (unpaired) electrons. The molecule has 1 aromatic carbocycles. The third-order valence-corrected chi connectivity index (χ3v) is 4.05. The number of anilines is 3. The van der Waals surface area contributed by atoms with E-state index < -0.39 is 0 Å². The Bertz CT molecular complexity index is 894. The highest BCUT2D eigenvalue weighted by molar-refractivity contribution is 6.08. The molecule has 8 heteroatoms. The highest BCUT2D eigenvalue weighted by Gasteiger charge is 2.23. The Morgan fingerprint density at radius 3 is 2.73 bits per heavy atom. The molecule has 0 atom stereocenters. The fraction of sp³-hybridized carbons (Fsp3) is 0.222. The van der Waals surface area contributed by atoms with Crippen molar-refractivity contribution in [2.75, 3.05) is 43.2 Å². The van der Waals surface area contributed by atoms with E-state index in [9.17, 15) is 14.4 Å². The van der Waals surface area contributed by atoms with Gasteiger partial charge in [0.05, 0.1) is 17.8 Å². The third-order valence-electron chi connectivity index (χ3n) is 4.05. The van der Waals surface area contributed by atoms with Crippen LogP contribution in [0.15, 0.2) is 36.5 Å². The van der Waals surface area contributed by atoms with Crippen molar-refractivity contribution in [1.82, 2.24) is 9.88 Å². The molecule has 0 fully saturated rings. The monoisotopic (exact) mass is 353 g/mol. The number of nitrogens with one attached hydrogen (secondary N) is 2. The number of likely N-dealkylation sites (N-methyl/N-ethyl adjacent to an activating group) is 1. The van der Waals surface area contributed by atoms with Crippen LogP contribution in [0.25, 0.3) is 0 Å². The fourth-order valence-corrected chi connectivity index (χ4v) is 2.57. The van der Waals surface area contributed by atoms with Crippen LogP contribution in [-0.2, 0) is 4.79 Å². The second kappa shape index (κ2) is 6.83. The Kier molecular flexibility index (Phi) is 4.57. The molecule has 0 spiro atoms. The number of pyridine rings is 1. The molecular weight excluding hydrogens is 334 g/mol. The van der Waals surface area contributed by atoms with Crippen LogP contribution in [0.4, 0.5) is 17.2 Å². The number of aromatic nitrogens is 1. The summed E-state index contributed by atoms with van der Waals surface area (Å²) < 4.78 is 0. The molecular formula is C18H19N5O3. The summed E-state index contributed by atoms with van der Waals surface area (Å²) in [6.45, 7) is 0.175. The van der Waals surface area contributed by atoms with E-state index in [0.717, 1.165) is 0 Å². The van der Waals surface area contributed by atoms with Crippen LogP contribution in [0.2, 0.25) is 0 Å². The van der Waals surface area contributed by atoms with E-state index in [4.69, 9.17) is 0 Å². The molecule has 0 saturated carbocycles. The van der Waals surface area contributed by atoms with Crippen LogP contribution in [0.3, 0.4) is 0 Å². The lowest BCUT2D eigenvalue weighted by Gasteiger charge is -2.26. The Balaban J connectivity index is 1.82. The first-order valence-corrected chi connectivity index (χ1v) is 8.00. The van der Waals surface area contributed by atoms with Gasteiger partial charge in [-0.2, -0.15) is 0 Å². The van der Waals surface area contributed by atoms with E-state index >= 15 is 0 Å². The van der Waals surface area contributed by atoms with Gasteiger partial charge in [0.2, 0.25) is 5.91 Å². The standard InChI is InChI=1S/C18H19N5O3/c1-22(2)18(26)11-5-4-6-13(7-11)21-17(25)12-8-14-16(19-9-12)20-10-15(24)23(14)3/h4-9H,10H2,1-3H3,(H,19,20)(H,21,25). The van der Waals surface area contributed by atoms with Gasteiger partial charge >= 0.3 is 0 Å². The Labute approximate surface area is 150 Å². The highest BCUT2D eigenvalue weighted by atomic mass is 16.2. The maximum Gasteiger partial charge on any atom is 0.257 e. The molecule has 2 heterocycles.